The third kappa shape index (κ3) is 1.70. The fourth-order valence-corrected chi connectivity index (χ4v) is 3.44. The zero-order valence-electron chi connectivity index (χ0n) is 9.84. The van der Waals surface area contributed by atoms with Gasteiger partial charge >= 0.3 is 0 Å². The van der Waals surface area contributed by atoms with Crippen LogP contribution < -0.4 is 10.4 Å². The van der Waals surface area contributed by atoms with Gasteiger partial charge in [-0.1, -0.05) is 20.3 Å². The monoisotopic (exact) mass is 224 g/mol. The summed E-state index contributed by atoms with van der Waals surface area (Å²) in [5.74, 6) is -1.69. The Morgan fingerprint density at radius 1 is 1.50 bits per heavy atom. The summed E-state index contributed by atoms with van der Waals surface area (Å²) in [4.78, 5) is 22.7. The average molecular weight is 224 g/mol. The van der Waals surface area contributed by atoms with Gasteiger partial charge in [0.25, 0.3) is 0 Å². The summed E-state index contributed by atoms with van der Waals surface area (Å²) in [6.45, 7) is 3.73. The van der Waals surface area contributed by atoms with Crippen LogP contribution in [0.3, 0.4) is 0 Å². The van der Waals surface area contributed by atoms with E-state index in [1.807, 2.05) is 0 Å². The number of carbonyl (C=O) groups is 2. The topological polar surface area (TPSA) is 69.2 Å². The molecule has 1 saturated carbocycles. The number of carboxylic acid groups (broad SMARTS) is 1. The van der Waals surface area contributed by atoms with Gasteiger partial charge in [-0.25, -0.2) is 0 Å². The Balaban J connectivity index is 2.31. The summed E-state index contributed by atoms with van der Waals surface area (Å²) >= 11 is 0. The van der Waals surface area contributed by atoms with Crippen molar-refractivity contribution in [2.45, 2.75) is 51.5 Å². The predicted octanol–water partition coefficient (Wildman–Crippen LogP) is 0.211. The second kappa shape index (κ2) is 3.47. The summed E-state index contributed by atoms with van der Waals surface area (Å²) in [7, 11) is 0. The lowest BCUT2D eigenvalue weighted by atomic mass is 9.59. The van der Waals surface area contributed by atoms with Gasteiger partial charge in [0.2, 0.25) is 5.91 Å². The molecule has 3 unspecified atom stereocenters. The van der Waals surface area contributed by atoms with E-state index in [0.717, 1.165) is 25.7 Å². The Kier molecular flexibility index (Phi) is 2.48. The van der Waals surface area contributed by atoms with Crippen LogP contribution in [-0.4, -0.2) is 17.4 Å². The van der Waals surface area contributed by atoms with Gasteiger partial charge in [-0.05, 0) is 24.7 Å². The number of aliphatic carboxylic acids is 1. The van der Waals surface area contributed by atoms with Gasteiger partial charge in [0, 0.05) is 23.8 Å². The maximum atomic E-state index is 11.7. The molecule has 16 heavy (non-hydrogen) atoms. The average Bonchev–Trinajstić information content (AvgIpc) is 2.13. The molecule has 2 bridgehead atoms. The van der Waals surface area contributed by atoms with E-state index in [9.17, 15) is 14.7 Å². The summed E-state index contributed by atoms with van der Waals surface area (Å²) in [6.07, 6.45) is 4.04. The van der Waals surface area contributed by atoms with Crippen LogP contribution in [0.1, 0.15) is 46.0 Å². The number of fused-ring (bicyclic) bond motifs is 2. The Bertz CT molecular complexity index is 341. The quantitative estimate of drug-likeness (QED) is 0.729. The molecule has 2 aliphatic rings. The highest BCUT2D eigenvalue weighted by Gasteiger charge is 2.51. The number of hydrogen-bond acceptors (Lipinski definition) is 3. The zero-order chi connectivity index (χ0) is 12.0. The molecule has 3 atom stereocenters. The minimum absolute atomic E-state index is 0.0125. The van der Waals surface area contributed by atoms with Crippen molar-refractivity contribution in [3.8, 4) is 0 Å². The van der Waals surface area contributed by atoms with E-state index in [1.54, 1.807) is 6.92 Å². The maximum Gasteiger partial charge on any atom is 0.220 e. The SMILES string of the molecule is CC(C(=O)[O-])C12CCCC(C)(CC(=O)N1)C2. The van der Waals surface area contributed by atoms with E-state index in [-0.39, 0.29) is 11.3 Å². The molecule has 0 aromatic carbocycles. The first-order chi connectivity index (χ1) is 7.37. The molecule has 2 fully saturated rings. The number of hydrogen-bond donors (Lipinski definition) is 1. The van der Waals surface area contributed by atoms with Crippen LogP contribution in [0.5, 0.6) is 0 Å². The normalized spacial score (nSPS) is 40.0. The van der Waals surface area contributed by atoms with Gasteiger partial charge in [0.15, 0.2) is 0 Å². The molecule has 4 heteroatoms. The van der Waals surface area contributed by atoms with Crippen LogP contribution in [0.4, 0.5) is 0 Å². The molecule has 0 aromatic heterocycles. The third-order valence-corrected chi connectivity index (χ3v) is 4.30. The van der Waals surface area contributed by atoms with Crippen molar-refractivity contribution in [3.63, 3.8) is 0 Å². The van der Waals surface area contributed by atoms with Crippen molar-refractivity contribution in [1.29, 1.82) is 0 Å². The molecule has 1 aliphatic heterocycles. The lowest BCUT2D eigenvalue weighted by Crippen LogP contribution is -2.64. The predicted molar refractivity (Wildman–Crippen MR) is 56.2 cm³/mol. The summed E-state index contributed by atoms with van der Waals surface area (Å²) in [6, 6.07) is 0. The highest BCUT2D eigenvalue weighted by Crippen LogP contribution is 2.49. The van der Waals surface area contributed by atoms with Crippen molar-refractivity contribution in [2.75, 3.05) is 0 Å². The van der Waals surface area contributed by atoms with E-state index in [1.165, 1.54) is 0 Å². The molecule has 0 spiro atoms. The lowest BCUT2D eigenvalue weighted by Gasteiger charge is -2.53. The highest BCUT2D eigenvalue weighted by atomic mass is 16.4. The molecular weight excluding hydrogens is 206 g/mol. The van der Waals surface area contributed by atoms with Crippen LogP contribution in [0.2, 0.25) is 0 Å². The Morgan fingerprint density at radius 3 is 2.81 bits per heavy atom. The standard InChI is InChI=1S/C12H19NO3/c1-8(10(15)16)12-5-3-4-11(2,7-12)6-9(14)13-12/h8H,3-7H2,1-2H3,(H,13,14)(H,15,16)/p-1. The van der Waals surface area contributed by atoms with Crippen molar-refractivity contribution < 1.29 is 14.7 Å². The fraction of sp³-hybridized carbons (Fsp3) is 0.833. The molecular formula is C12H18NO3-. The molecule has 0 aromatic rings. The molecule has 1 saturated heterocycles. The maximum absolute atomic E-state index is 11.7. The van der Waals surface area contributed by atoms with Gasteiger partial charge in [-0.2, -0.15) is 0 Å². The van der Waals surface area contributed by atoms with E-state index in [0.29, 0.717) is 6.42 Å². The molecule has 90 valence electrons. The molecule has 1 heterocycles. The summed E-state index contributed by atoms with van der Waals surface area (Å²) in [5, 5.41) is 13.9. The van der Waals surface area contributed by atoms with E-state index in [2.05, 4.69) is 12.2 Å². The van der Waals surface area contributed by atoms with Crippen LogP contribution >= 0.6 is 0 Å². The van der Waals surface area contributed by atoms with Crippen LogP contribution in [0.15, 0.2) is 0 Å². The first-order valence-corrected chi connectivity index (χ1v) is 5.89. The van der Waals surface area contributed by atoms with Crippen molar-refractivity contribution in [3.05, 3.63) is 0 Å². The second-order valence-electron chi connectivity index (χ2n) is 5.76. The first kappa shape index (κ1) is 11.4. The van der Waals surface area contributed by atoms with E-state index in [4.69, 9.17) is 0 Å². The molecule has 0 radical (unpaired) electrons. The second-order valence-corrected chi connectivity index (χ2v) is 5.76. The minimum Gasteiger partial charge on any atom is -0.550 e. The molecule has 1 aliphatic carbocycles. The van der Waals surface area contributed by atoms with E-state index >= 15 is 0 Å². The number of nitrogens with one attached hydrogen (secondary N) is 1. The van der Waals surface area contributed by atoms with Crippen molar-refractivity contribution in [1.82, 2.24) is 5.32 Å². The molecule has 1 N–H and O–H groups in total. The van der Waals surface area contributed by atoms with Crippen molar-refractivity contribution in [2.24, 2.45) is 11.3 Å². The van der Waals surface area contributed by atoms with Gasteiger partial charge in [-0.3, -0.25) is 4.79 Å². The summed E-state index contributed by atoms with van der Waals surface area (Å²) < 4.78 is 0. The number of carbonyl (C=O) groups excluding carboxylic acids is 2. The fourth-order valence-electron chi connectivity index (χ4n) is 3.44. The molecule has 2 rings (SSSR count). The van der Waals surface area contributed by atoms with Gasteiger partial charge in [0.05, 0.1) is 0 Å². The lowest BCUT2D eigenvalue weighted by molar-refractivity contribution is -0.314. The van der Waals surface area contributed by atoms with Gasteiger partial charge in [0.1, 0.15) is 0 Å². The smallest absolute Gasteiger partial charge is 0.220 e. The molecule has 4 nitrogen and oxygen atoms in total. The zero-order valence-corrected chi connectivity index (χ0v) is 9.84. The van der Waals surface area contributed by atoms with Gasteiger partial charge < -0.3 is 15.2 Å². The Labute approximate surface area is 95.4 Å². The third-order valence-electron chi connectivity index (χ3n) is 4.30. The number of rotatable bonds is 2. The Hall–Kier alpha value is -1.06. The van der Waals surface area contributed by atoms with Crippen LogP contribution in [0, 0.1) is 11.3 Å². The first-order valence-electron chi connectivity index (χ1n) is 5.89. The number of amides is 1. The summed E-state index contributed by atoms with van der Waals surface area (Å²) in [5.41, 5.74) is -0.592. The number of piperidine rings is 1. The van der Waals surface area contributed by atoms with Crippen LogP contribution in [-0.2, 0) is 9.59 Å². The minimum atomic E-state index is -1.06. The Morgan fingerprint density at radius 2 is 2.19 bits per heavy atom. The highest BCUT2D eigenvalue weighted by molar-refractivity contribution is 5.80. The number of carboxylic acids is 1. The van der Waals surface area contributed by atoms with Gasteiger partial charge in [-0.15, -0.1) is 0 Å². The largest absolute Gasteiger partial charge is 0.550 e. The van der Waals surface area contributed by atoms with Crippen LogP contribution in [0.25, 0.3) is 0 Å². The van der Waals surface area contributed by atoms with E-state index < -0.39 is 17.4 Å². The van der Waals surface area contributed by atoms with Crippen molar-refractivity contribution >= 4 is 11.9 Å². The molecule has 1 amide bonds.